The summed E-state index contributed by atoms with van der Waals surface area (Å²) in [6, 6.07) is 31.8. The Morgan fingerprint density at radius 1 is 0.667 bits per heavy atom. The van der Waals surface area contributed by atoms with Gasteiger partial charge in [-0.15, -0.1) is 0 Å². The van der Waals surface area contributed by atoms with Gasteiger partial charge in [0.2, 0.25) is 0 Å². The average Bonchev–Trinajstić information content (AvgIpc) is 3.15. The number of hydrogen-bond donors (Lipinski definition) is 0. The van der Waals surface area contributed by atoms with E-state index in [-0.39, 0.29) is 0 Å². The standard InChI is InChI=1S/C25H21Se2/c1-27(21-10-6-3-7-11-21)23-17-15-19-13-12-18-14-16-22(25(23)24(18)19)26-20-8-4-2-5-9-20/h2-11,14-17H,12-13H2,1H3/q+1. The summed E-state index contributed by atoms with van der Waals surface area (Å²) < 4.78 is 6.14. The van der Waals surface area contributed by atoms with Crippen molar-refractivity contribution in [2.24, 2.45) is 0 Å². The molecule has 1 aliphatic rings. The SMILES string of the molecule is C[Se+](c1ccccc1)c1ccc2c3c(ccc([Se]c4ccccc4)c13)CC2. The molecule has 1 atom stereocenters. The first kappa shape index (κ1) is 17.3. The third kappa shape index (κ3) is 3.18. The third-order valence-corrected chi connectivity index (χ3v) is 11.7. The first-order valence-corrected chi connectivity index (χ1v) is 14.5. The van der Waals surface area contributed by atoms with Crippen LogP contribution in [0.2, 0.25) is 5.82 Å². The van der Waals surface area contributed by atoms with E-state index in [1.807, 2.05) is 0 Å². The van der Waals surface area contributed by atoms with Crippen LogP contribution < -0.4 is 17.8 Å². The summed E-state index contributed by atoms with van der Waals surface area (Å²) in [5.41, 5.74) is 3.11. The second-order valence-corrected chi connectivity index (χ2v) is 13.3. The topological polar surface area (TPSA) is 0 Å². The van der Waals surface area contributed by atoms with E-state index in [1.165, 1.54) is 21.8 Å². The molecule has 0 N–H and O–H groups in total. The van der Waals surface area contributed by atoms with E-state index in [0.29, 0.717) is 15.0 Å². The predicted octanol–water partition coefficient (Wildman–Crippen LogP) is 2.83. The number of aryl methyl sites for hydroxylation is 2. The molecule has 0 radical (unpaired) electrons. The number of rotatable bonds is 4. The molecule has 0 heterocycles. The van der Waals surface area contributed by atoms with Crippen LogP contribution in [0.1, 0.15) is 11.1 Å². The van der Waals surface area contributed by atoms with E-state index in [1.54, 1.807) is 30.8 Å². The molecule has 0 saturated heterocycles. The van der Waals surface area contributed by atoms with E-state index in [0.717, 1.165) is 0 Å². The molecule has 0 bridgehead atoms. The summed E-state index contributed by atoms with van der Waals surface area (Å²) in [5.74, 6) is 2.48. The Kier molecular flexibility index (Phi) is 4.68. The first-order chi connectivity index (χ1) is 13.3. The van der Waals surface area contributed by atoms with Gasteiger partial charge in [0.25, 0.3) is 0 Å². The second-order valence-electron chi connectivity index (χ2n) is 6.93. The molecule has 5 rings (SSSR count). The minimum absolute atomic E-state index is 0.346. The fourth-order valence-corrected chi connectivity index (χ4v) is 9.77. The minimum atomic E-state index is -1.05. The molecule has 0 nitrogen and oxygen atoms in total. The van der Waals surface area contributed by atoms with E-state index < -0.39 is 13.9 Å². The summed E-state index contributed by atoms with van der Waals surface area (Å²) >= 11 is -0.702. The molecule has 0 saturated carbocycles. The van der Waals surface area contributed by atoms with Gasteiger partial charge in [-0.05, 0) is 0 Å². The van der Waals surface area contributed by atoms with Crippen molar-refractivity contribution in [1.82, 2.24) is 0 Å². The normalized spacial score (nSPS) is 13.8. The van der Waals surface area contributed by atoms with Crippen LogP contribution in [0.25, 0.3) is 10.8 Å². The molecule has 4 aromatic rings. The Morgan fingerprint density at radius 2 is 1.30 bits per heavy atom. The van der Waals surface area contributed by atoms with Crippen molar-refractivity contribution < 1.29 is 0 Å². The van der Waals surface area contributed by atoms with Crippen molar-refractivity contribution in [1.29, 1.82) is 0 Å². The van der Waals surface area contributed by atoms with Crippen LogP contribution in [0.15, 0.2) is 84.9 Å². The molecular weight excluding hydrogens is 458 g/mol. The van der Waals surface area contributed by atoms with Crippen LogP contribution >= 0.6 is 0 Å². The quantitative estimate of drug-likeness (QED) is 0.395. The van der Waals surface area contributed by atoms with E-state index in [2.05, 4.69) is 90.8 Å². The molecule has 1 aliphatic carbocycles. The van der Waals surface area contributed by atoms with Gasteiger partial charge in [0.1, 0.15) is 0 Å². The van der Waals surface area contributed by atoms with E-state index in [4.69, 9.17) is 0 Å². The van der Waals surface area contributed by atoms with Gasteiger partial charge in [-0.3, -0.25) is 0 Å². The van der Waals surface area contributed by atoms with Crippen LogP contribution in [0.4, 0.5) is 0 Å². The van der Waals surface area contributed by atoms with Gasteiger partial charge in [0.15, 0.2) is 0 Å². The van der Waals surface area contributed by atoms with Crippen molar-refractivity contribution in [2.75, 3.05) is 0 Å². The molecule has 0 spiro atoms. The van der Waals surface area contributed by atoms with Gasteiger partial charge in [-0.1, -0.05) is 0 Å². The van der Waals surface area contributed by atoms with Crippen molar-refractivity contribution in [3.05, 3.63) is 96.1 Å². The Hall–Kier alpha value is -1.82. The van der Waals surface area contributed by atoms with Crippen LogP contribution in [0.5, 0.6) is 0 Å². The fraction of sp³-hybridized carbons (Fsp3) is 0.120. The predicted molar refractivity (Wildman–Crippen MR) is 120 cm³/mol. The van der Waals surface area contributed by atoms with Crippen molar-refractivity contribution in [3.63, 3.8) is 0 Å². The average molecular weight is 479 g/mol. The van der Waals surface area contributed by atoms with Gasteiger partial charge < -0.3 is 0 Å². The van der Waals surface area contributed by atoms with Crippen LogP contribution in [-0.4, -0.2) is 28.9 Å². The second kappa shape index (κ2) is 7.30. The van der Waals surface area contributed by atoms with Gasteiger partial charge >= 0.3 is 172 Å². The maximum atomic E-state index is 2.48. The summed E-state index contributed by atoms with van der Waals surface area (Å²) in [4.78, 5) is 0. The molecule has 0 aliphatic heterocycles. The molecule has 132 valence electrons. The van der Waals surface area contributed by atoms with Gasteiger partial charge in [0.05, 0.1) is 0 Å². The third-order valence-electron chi connectivity index (χ3n) is 5.32. The van der Waals surface area contributed by atoms with E-state index >= 15 is 0 Å². The zero-order valence-corrected chi connectivity index (χ0v) is 18.7. The van der Waals surface area contributed by atoms with Crippen LogP contribution in [0, 0.1) is 0 Å². The maximum absolute atomic E-state index is 2.48. The zero-order chi connectivity index (χ0) is 18.2. The summed E-state index contributed by atoms with van der Waals surface area (Å²) in [6.07, 6.45) is 2.40. The van der Waals surface area contributed by atoms with Crippen molar-refractivity contribution >= 4 is 57.5 Å². The Balaban J connectivity index is 1.72. The monoisotopic (exact) mass is 481 g/mol. The number of hydrogen-bond acceptors (Lipinski definition) is 0. The molecule has 4 aromatic carbocycles. The van der Waals surface area contributed by atoms with Crippen LogP contribution in [0.3, 0.4) is 0 Å². The summed E-state index contributed by atoms with van der Waals surface area (Å²) in [5, 5.41) is 3.16. The summed E-state index contributed by atoms with van der Waals surface area (Å²) in [7, 11) is 0. The molecule has 2 heteroatoms. The van der Waals surface area contributed by atoms with Gasteiger partial charge in [-0.25, -0.2) is 0 Å². The Morgan fingerprint density at radius 3 is 2.00 bits per heavy atom. The Labute approximate surface area is 171 Å². The molecular formula is C25H21Se2+. The first-order valence-electron chi connectivity index (χ1n) is 9.32. The fourth-order valence-electron chi connectivity index (χ4n) is 3.97. The number of benzene rings is 4. The molecule has 0 amide bonds. The van der Waals surface area contributed by atoms with Crippen molar-refractivity contribution in [2.45, 2.75) is 18.7 Å². The van der Waals surface area contributed by atoms with Gasteiger partial charge in [0, 0.05) is 0 Å². The van der Waals surface area contributed by atoms with Gasteiger partial charge in [-0.2, -0.15) is 0 Å². The van der Waals surface area contributed by atoms with E-state index in [9.17, 15) is 0 Å². The molecule has 0 aromatic heterocycles. The van der Waals surface area contributed by atoms with Crippen LogP contribution in [-0.2, 0) is 12.8 Å². The van der Waals surface area contributed by atoms with Crippen molar-refractivity contribution in [3.8, 4) is 0 Å². The zero-order valence-electron chi connectivity index (χ0n) is 15.3. The summed E-state index contributed by atoms with van der Waals surface area (Å²) in [6.45, 7) is 0. The molecule has 27 heavy (non-hydrogen) atoms. The molecule has 0 fully saturated rings. The molecule has 1 unspecified atom stereocenters. The Bertz CT molecular complexity index is 1090.